The summed E-state index contributed by atoms with van der Waals surface area (Å²) >= 11 is 0. The van der Waals surface area contributed by atoms with Crippen LogP contribution < -0.4 is 0 Å². The first kappa shape index (κ1) is 19.3. The van der Waals surface area contributed by atoms with Crippen LogP contribution in [-0.2, 0) is 28.5 Å². The van der Waals surface area contributed by atoms with E-state index in [-0.39, 0.29) is 33.4 Å². The normalized spacial score (nSPS) is 18.7. The van der Waals surface area contributed by atoms with E-state index in [4.69, 9.17) is 18.9 Å². The van der Waals surface area contributed by atoms with Gasteiger partial charge in [-0.15, -0.1) is 0 Å². The Kier molecular flexibility index (Phi) is 4.57. The molecule has 0 radical (unpaired) electrons. The van der Waals surface area contributed by atoms with Gasteiger partial charge < -0.3 is 18.9 Å². The predicted molar refractivity (Wildman–Crippen MR) is 96.2 cm³/mol. The molecule has 2 aromatic rings. The second-order valence-electron chi connectivity index (χ2n) is 6.56. The van der Waals surface area contributed by atoms with Gasteiger partial charge in [-0.1, -0.05) is 30.3 Å². The zero-order valence-electron chi connectivity index (χ0n) is 15.8. The van der Waals surface area contributed by atoms with Crippen LogP contribution in [0, 0.1) is 0 Å². The number of carbonyl (C=O) groups excluding carboxylic acids is 5. The van der Waals surface area contributed by atoms with Crippen molar-refractivity contribution in [3.63, 3.8) is 0 Å². The van der Waals surface area contributed by atoms with Crippen LogP contribution in [0.5, 0.6) is 0 Å². The highest BCUT2D eigenvalue weighted by Crippen LogP contribution is 2.38. The van der Waals surface area contributed by atoms with Crippen LogP contribution in [0.15, 0.2) is 36.4 Å². The monoisotopic (exact) mass is 410 g/mol. The number of ketones is 1. The largest absolute Gasteiger partial charge is 0.421 e. The Morgan fingerprint density at radius 1 is 0.800 bits per heavy atom. The minimum absolute atomic E-state index is 0.0125. The third-order valence-electron chi connectivity index (χ3n) is 4.58. The summed E-state index contributed by atoms with van der Waals surface area (Å²) in [6.07, 6.45) is -2.62. The van der Waals surface area contributed by atoms with E-state index in [2.05, 4.69) is 0 Å². The first-order chi connectivity index (χ1) is 14.3. The Morgan fingerprint density at radius 3 is 2.10 bits per heavy atom. The van der Waals surface area contributed by atoms with Crippen LogP contribution in [-0.4, -0.2) is 29.7 Å². The lowest BCUT2D eigenvalue weighted by atomic mass is 9.91. The first-order valence-electron chi connectivity index (χ1n) is 8.85. The lowest BCUT2D eigenvalue weighted by Crippen LogP contribution is -2.14. The van der Waals surface area contributed by atoms with E-state index in [1.807, 2.05) is 0 Å². The molecule has 2 aliphatic rings. The number of carbonyl (C=O) groups is 5. The average Bonchev–Trinajstić information content (AvgIpc) is 3.17. The molecule has 0 amide bonds. The van der Waals surface area contributed by atoms with Crippen LogP contribution in [0.3, 0.4) is 0 Å². The van der Waals surface area contributed by atoms with Crippen molar-refractivity contribution in [3.05, 3.63) is 69.8 Å². The molecule has 0 saturated heterocycles. The number of cyclic esters (lactones) is 2. The van der Waals surface area contributed by atoms with Crippen molar-refractivity contribution < 1.29 is 42.9 Å². The molecule has 9 nitrogen and oxygen atoms in total. The van der Waals surface area contributed by atoms with E-state index in [0.29, 0.717) is 0 Å². The van der Waals surface area contributed by atoms with Crippen LogP contribution in [0.2, 0.25) is 0 Å². The molecule has 2 aromatic carbocycles. The van der Waals surface area contributed by atoms with Crippen molar-refractivity contribution in [2.24, 2.45) is 0 Å². The summed E-state index contributed by atoms with van der Waals surface area (Å²) < 4.78 is 20.1. The summed E-state index contributed by atoms with van der Waals surface area (Å²) in [5.74, 6) is -3.52. The van der Waals surface area contributed by atoms with Gasteiger partial charge in [0.15, 0.2) is 5.78 Å². The van der Waals surface area contributed by atoms with Crippen LogP contribution in [0.1, 0.15) is 74.2 Å². The number of fused-ring (bicyclic) bond motifs is 2. The standard InChI is InChI=1S/C21H14O9/c1-9(22)27-20-14-8-4-5-11(15(14)19(26)30-20)17(24)12-6-3-7-13-16(12)21(28-10(2)23)29-18(13)25/h3-8,20-21H,1-2H3. The SMILES string of the molecule is CC(=O)OC1OC(=O)c2c(C(=O)c3cccc4c3C(OC(C)=O)OC4=O)cccc21. The van der Waals surface area contributed by atoms with Gasteiger partial charge in [0.1, 0.15) is 0 Å². The molecule has 0 N–H and O–H groups in total. The average molecular weight is 410 g/mol. The zero-order chi connectivity index (χ0) is 21.6. The van der Waals surface area contributed by atoms with Gasteiger partial charge in [-0.2, -0.15) is 0 Å². The van der Waals surface area contributed by atoms with Crippen LogP contribution >= 0.6 is 0 Å². The van der Waals surface area contributed by atoms with Crippen LogP contribution in [0.4, 0.5) is 0 Å². The minimum atomic E-state index is -1.37. The fraction of sp³-hybridized carbons (Fsp3) is 0.190. The van der Waals surface area contributed by atoms with Gasteiger partial charge in [0.05, 0.1) is 16.7 Å². The van der Waals surface area contributed by atoms with E-state index in [0.717, 1.165) is 6.92 Å². The zero-order valence-corrected chi connectivity index (χ0v) is 15.8. The van der Waals surface area contributed by atoms with Crippen molar-refractivity contribution in [2.75, 3.05) is 0 Å². The molecule has 0 saturated carbocycles. The second-order valence-corrected chi connectivity index (χ2v) is 6.56. The fourth-order valence-corrected chi connectivity index (χ4v) is 3.44. The molecule has 0 aliphatic carbocycles. The highest BCUT2D eigenvalue weighted by Gasteiger charge is 2.40. The van der Waals surface area contributed by atoms with Gasteiger partial charge in [0, 0.05) is 30.5 Å². The Balaban J connectivity index is 1.81. The van der Waals surface area contributed by atoms with Gasteiger partial charge in [-0.25, -0.2) is 9.59 Å². The summed E-state index contributed by atoms with van der Waals surface area (Å²) in [7, 11) is 0. The van der Waals surface area contributed by atoms with E-state index < -0.39 is 42.2 Å². The lowest BCUT2D eigenvalue weighted by molar-refractivity contribution is -0.166. The number of ether oxygens (including phenoxy) is 4. The van der Waals surface area contributed by atoms with Crippen LogP contribution in [0.25, 0.3) is 0 Å². The molecule has 152 valence electrons. The summed E-state index contributed by atoms with van der Waals surface area (Å²) in [4.78, 5) is 60.5. The predicted octanol–water partition coefficient (Wildman–Crippen LogP) is 2.38. The maximum atomic E-state index is 13.4. The van der Waals surface area contributed by atoms with Crippen molar-refractivity contribution in [1.29, 1.82) is 0 Å². The molecule has 0 fully saturated rings. The van der Waals surface area contributed by atoms with Crippen molar-refractivity contribution in [1.82, 2.24) is 0 Å². The third-order valence-corrected chi connectivity index (χ3v) is 4.58. The number of rotatable bonds is 4. The van der Waals surface area contributed by atoms with Gasteiger partial charge in [0.25, 0.3) is 12.6 Å². The van der Waals surface area contributed by atoms with Gasteiger partial charge in [-0.05, 0) is 6.07 Å². The molecule has 0 aromatic heterocycles. The van der Waals surface area contributed by atoms with E-state index in [1.165, 1.54) is 43.3 Å². The number of benzene rings is 2. The molecule has 2 heterocycles. The fourth-order valence-electron chi connectivity index (χ4n) is 3.44. The highest BCUT2D eigenvalue weighted by atomic mass is 16.7. The van der Waals surface area contributed by atoms with E-state index in [1.54, 1.807) is 0 Å². The maximum Gasteiger partial charge on any atom is 0.342 e. The molecule has 9 heteroatoms. The lowest BCUT2D eigenvalue weighted by Gasteiger charge is -2.14. The van der Waals surface area contributed by atoms with Crippen molar-refractivity contribution >= 4 is 29.7 Å². The summed E-state index contributed by atoms with van der Waals surface area (Å²) in [6, 6.07) is 8.79. The molecule has 2 atom stereocenters. The molecule has 2 aliphatic heterocycles. The first-order valence-corrected chi connectivity index (χ1v) is 8.85. The van der Waals surface area contributed by atoms with Crippen molar-refractivity contribution in [2.45, 2.75) is 26.4 Å². The Bertz CT molecular complexity index is 1130. The Hall–Kier alpha value is -4.01. The molecule has 0 spiro atoms. The van der Waals surface area contributed by atoms with Gasteiger partial charge in [-0.3, -0.25) is 14.4 Å². The molecule has 0 bridgehead atoms. The summed E-state index contributed by atoms with van der Waals surface area (Å²) in [5, 5.41) is 0. The molecular formula is C21H14O9. The summed E-state index contributed by atoms with van der Waals surface area (Å²) in [5.41, 5.74) is 0.393. The van der Waals surface area contributed by atoms with E-state index >= 15 is 0 Å². The number of hydrogen-bond acceptors (Lipinski definition) is 9. The topological polar surface area (TPSA) is 122 Å². The van der Waals surface area contributed by atoms with Crippen molar-refractivity contribution in [3.8, 4) is 0 Å². The highest BCUT2D eigenvalue weighted by molar-refractivity contribution is 6.17. The molecular weight excluding hydrogens is 396 g/mol. The third kappa shape index (κ3) is 3.10. The Labute approximate surface area is 169 Å². The minimum Gasteiger partial charge on any atom is -0.421 e. The Morgan fingerprint density at radius 2 is 1.40 bits per heavy atom. The summed E-state index contributed by atoms with van der Waals surface area (Å²) in [6.45, 7) is 2.31. The van der Waals surface area contributed by atoms with Gasteiger partial charge >= 0.3 is 23.9 Å². The quantitative estimate of drug-likeness (QED) is 0.552. The molecule has 2 unspecified atom stereocenters. The maximum absolute atomic E-state index is 13.4. The second kappa shape index (κ2) is 7.11. The van der Waals surface area contributed by atoms with Gasteiger partial charge in [0.2, 0.25) is 0 Å². The smallest absolute Gasteiger partial charge is 0.342 e. The number of hydrogen-bond donors (Lipinski definition) is 0. The molecule has 30 heavy (non-hydrogen) atoms. The molecule has 4 rings (SSSR count). The van der Waals surface area contributed by atoms with E-state index in [9.17, 15) is 24.0 Å². The number of esters is 4.